The molecular weight excluding hydrogens is 312 g/mol. The summed E-state index contributed by atoms with van der Waals surface area (Å²) in [5.41, 5.74) is -0.653. The normalized spacial score (nSPS) is 13.8. The Hall–Kier alpha value is -2.20. The summed E-state index contributed by atoms with van der Waals surface area (Å²) in [5.74, 6) is 32.9. The Morgan fingerprint density at radius 2 is 0.923 bits per heavy atom. The van der Waals surface area contributed by atoms with Crippen molar-refractivity contribution in [3.05, 3.63) is 0 Å². The van der Waals surface area contributed by atoms with Gasteiger partial charge in [0.1, 0.15) is 0 Å². The van der Waals surface area contributed by atoms with Crippen LogP contribution in [0.3, 0.4) is 0 Å². The van der Waals surface area contributed by atoms with Gasteiger partial charge in [0.05, 0.1) is 23.7 Å². The highest BCUT2D eigenvalue weighted by molar-refractivity contribution is 5.33. The second-order valence-electron chi connectivity index (χ2n) is 7.92. The van der Waals surface area contributed by atoms with Gasteiger partial charge in [-0.25, -0.2) is 0 Å². The molecule has 0 nitrogen and oxygen atoms in total. The summed E-state index contributed by atoms with van der Waals surface area (Å²) in [6.45, 7) is 16.8. The molecule has 0 saturated carbocycles. The standard InChI is InChI=1S/C26H34/c1-9-11-13-15-17-25(7,21-23(3)4)19-20-26(8,22-24(5)6)18-16-14-12-10-2/h23-24H,13-14,21-22H2,1-8H3. The first-order valence-electron chi connectivity index (χ1n) is 9.50. The molecule has 0 N–H and O–H groups in total. The molecule has 0 spiro atoms. The zero-order chi connectivity index (χ0) is 20.1. The summed E-state index contributed by atoms with van der Waals surface area (Å²) >= 11 is 0. The summed E-state index contributed by atoms with van der Waals surface area (Å²) in [5, 5.41) is 0. The molecule has 0 aromatic rings. The largest absolute Gasteiger partial charge is 0.106 e. The summed E-state index contributed by atoms with van der Waals surface area (Å²) in [7, 11) is 0. The fourth-order valence-corrected chi connectivity index (χ4v) is 2.92. The zero-order valence-corrected chi connectivity index (χ0v) is 18.0. The Balaban J connectivity index is 5.76. The molecule has 0 rings (SSSR count). The van der Waals surface area contributed by atoms with Crippen LogP contribution in [0.1, 0.15) is 81.1 Å². The molecule has 0 heteroatoms. The fourth-order valence-electron chi connectivity index (χ4n) is 2.92. The summed E-state index contributed by atoms with van der Waals surface area (Å²) < 4.78 is 0. The lowest BCUT2D eigenvalue weighted by Gasteiger charge is -2.23. The lowest BCUT2D eigenvalue weighted by molar-refractivity contribution is 0.423. The van der Waals surface area contributed by atoms with Crippen LogP contribution in [0.5, 0.6) is 0 Å². The second-order valence-corrected chi connectivity index (χ2v) is 7.92. The molecule has 0 aliphatic rings. The van der Waals surface area contributed by atoms with E-state index in [1.165, 1.54) is 0 Å². The van der Waals surface area contributed by atoms with E-state index in [9.17, 15) is 0 Å². The van der Waals surface area contributed by atoms with Gasteiger partial charge in [-0.2, -0.15) is 0 Å². The quantitative estimate of drug-likeness (QED) is 0.554. The summed E-state index contributed by atoms with van der Waals surface area (Å²) in [4.78, 5) is 0. The number of hydrogen-bond acceptors (Lipinski definition) is 0. The van der Waals surface area contributed by atoms with E-state index in [1.807, 2.05) is 13.8 Å². The molecule has 0 aromatic carbocycles. The van der Waals surface area contributed by atoms with Crippen molar-refractivity contribution in [3.63, 3.8) is 0 Å². The first kappa shape index (κ1) is 23.8. The molecule has 0 saturated heterocycles. The van der Waals surface area contributed by atoms with Crippen molar-refractivity contribution in [2.24, 2.45) is 22.7 Å². The average molecular weight is 347 g/mol. The molecule has 138 valence electrons. The Bertz CT molecular complexity index is 674. The van der Waals surface area contributed by atoms with Crippen molar-refractivity contribution < 1.29 is 0 Å². The molecule has 2 atom stereocenters. The molecule has 0 aromatic heterocycles. The van der Waals surface area contributed by atoms with Crippen molar-refractivity contribution >= 4 is 0 Å². The van der Waals surface area contributed by atoms with Crippen molar-refractivity contribution in [2.45, 2.75) is 81.1 Å². The minimum Gasteiger partial charge on any atom is -0.106 e. The van der Waals surface area contributed by atoms with E-state index in [1.54, 1.807) is 0 Å². The van der Waals surface area contributed by atoms with Crippen LogP contribution >= 0.6 is 0 Å². The van der Waals surface area contributed by atoms with Crippen molar-refractivity contribution in [3.8, 4) is 59.2 Å². The van der Waals surface area contributed by atoms with Gasteiger partial charge >= 0.3 is 0 Å². The minimum atomic E-state index is -0.327. The van der Waals surface area contributed by atoms with Gasteiger partial charge in [0, 0.05) is 0 Å². The van der Waals surface area contributed by atoms with Gasteiger partial charge in [0.2, 0.25) is 0 Å². The fraction of sp³-hybridized carbons (Fsp3) is 0.615. The minimum absolute atomic E-state index is 0.327. The summed E-state index contributed by atoms with van der Waals surface area (Å²) in [6, 6.07) is 0. The topological polar surface area (TPSA) is 0 Å². The van der Waals surface area contributed by atoms with Gasteiger partial charge in [-0.3, -0.25) is 0 Å². The van der Waals surface area contributed by atoms with E-state index in [-0.39, 0.29) is 10.8 Å². The molecule has 0 aliphatic heterocycles. The molecular formula is C26H34. The van der Waals surface area contributed by atoms with Crippen LogP contribution in [0.2, 0.25) is 0 Å². The first-order valence-corrected chi connectivity index (χ1v) is 9.50. The smallest absolute Gasteiger partial charge is 0.0894 e. The monoisotopic (exact) mass is 346 g/mol. The molecule has 0 fully saturated rings. The van der Waals surface area contributed by atoms with Gasteiger partial charge in [-0.15, -0.1) is 11.8 Å². The average Bonchev–Trinajstić information content (AvgIpc) is 2.53. The third-order valence-corrected chi connectivity index (χ3v) is 3.68. The first-order chi connectivity index (χ1) is 12.2. The third kappa shape index (κ3) is 11.4. The predicted molar refractivity (Wildman–Crippen MR) is 115 cm³/mol. The van der Waals surface area contributed by atoms with Crippen LogP contribution < -0.4 is 0 Å². The van der Waals surface area contributed by atoms with E-state index in [2.05, 4.69) is 101 Å². The number of rotatable bonds is 4. The van der Waals surface area contributed by atoms with Crippen LogP contribution in [0.4, 0.5) is 0 Å². The maximum absolute atomic E-state index is 3.48. The second kappa shape index (κ2) is 12.2. The Labute approximate surface area is 163 Å². The molecule has 0 heterocycles. The molecule has 26 heavy (non-hydrogen) atoms. The van der Waals surface area contributed by atoms with E-state index in [0.717, 1.165) is 12.8 Å². The van der Waals surface area contributed by atoms with Gasteiger partial charge < -0.3 is 0 Å². The van der Waals surface area contributed by atoms with E-state index in [4.69, 9.17) is 0 Å². The van der Waals surface area contributed by atoms with Gasteiger partial charge in [0.15, 0.2) is 0 Å². The van der Waals surface area contributed by atoms with Crippen LogP contribution in [0, 0.1) is 81.9 Å². The van der Waals surface area contributed by atoms with E-state index < -0.39 is 0 Å². The summed E-state index contributed by atoms with van der Waals surface area (Å²) in [6.07, 6.45) is 3.09. The maximum atomic E-state index is 3.48. The van der Waals surface area contributed by atoms with E-state index in [0.29, 0.717) is 24.7 Å². The van der Waals surface area contributed by atoms with Gasteiger partial charge in [-0.1, -0.05) is 75.1 Å². The Morgan fingerprint density at radius 1 is 0.577 bits per heavy atom. The highest BCUT2D eigenvalue weighted by Gasteiger charge is 2.24. The molecule has 0 amide bonds. The maximum Gasteiger partial charge on any atom is 0.0894 e. The van der Waals surface area contributed by atoms with Crippen molar-refractivity contribution in [1.29, 1.82) is 0 Å². The van der Waals surface area contributed by atoms with Crippen LogP contribution in [-0.2, 0) is 0 Å². The predicted octanol–water partition coefficient (Wildman–Crippen LogP) is 5.93. The zero-order valence-electron chi connectivity index (χ0n) is 18.0. The Kier molecular flexibility index (Phi) is 11.2. The third-order valence-electron chi connectivity index (χ3n) is 3.68. The lowest BCUT2D eigenvalue weighted by atomic mass is 9.79. The lowest BCUT2D eigenvalue weighted by Crippen LogP contribution is -2.19. The van der Waals surface area contributed by atoms with Crippen LogP contribution in [0.25, 0.3) is 0 Å². The van der Waals surface area contributed by atoms with Crippen LogP contribution in [0.15, 0.2) is 0 Å². The van der Waals surface area contributed by atoms with Gasteiger partial charge in [-0.05, 0) is 52.4 Å². The van der Waals surface area contributed by atoms with Crippen molar-refractivity contribution in [2.75, 3.05) is 0 Å². The highest BCUT2D eigenvalue weighted by atomic mass is 14.3. The Morgan fingerprint density at radius 3 is 1.19 bits per heavy atom. The van der Waals surface area contributed by atoms with Crippen molar-refractivity contribution in [1.82, 2.24) is 0 Å². The molecule has 0 radical (unpaired) electrons. The van der Waals surface area contributed by atoms with E-state index >= 15 is 0 Å². The van der Waals surface area contributed by atoms with Gasteiger partial charge in [0.25, 0.3) is 0 Å². The molecule has 2 unspecified atom stereocenters. The highest BCUT2D eigenvalue weighted by Crippen LogP contribution is 2.28. The number of hydrogen-bond donors (Lipinski definition) is 0. The molecule has 0 aliphatic carbocycles. The molecule has 0 bridgehead atoms. The SMILES string of the molecule is CC#CCC#CC(C)(C#CC(C)(C#CCC#CC)CC(C)C)CC(C)C. The van der Waals surface area contributed by atoms with Crippen LogP contribution in [-0.4, -0.2) is 0 Å².